The van der Waals surface area contributed by atoms with Gasteiger partial charge in [-0.15, -0.1) is 0 Å². The third-order valence-electron chi connectivity index (χ3n) is 1.98. The summed E-state index contributed by atoms with van der Waals surface area (Å²) in [6.07, 6.45) is 1.01. The van der Waals surface area contributed by atoms with Crippen LogP contribution in [-0.4, -0.2) is 33.4 Å². The van der Waals surface area contributed by atoms with E-state index >= 15 is 0 Å². The Labute approximate surface area is 95.4 Å². The Hall–Kier alpha value is -1.10. The molecule has 0 aliphatic heterocycles. The first-order chi connectivity index (χ1) is 7.13. The van der Waals surface area contributed by atoms with Gasteiger partial charge >= 0.3 is 11.9 Å². The molecule has 1 unspecified atom stereocenters. The van der Waals surface area contributed by atoms with Crippen LogP contribution in [0.4, 0.5) is 0 Å². The van der Waals surface area contributed by atoms with Crippen molar-refractivity contribution in [2.24, 2.45) is 0 Å². The van der Waals surface area contributed by atoms with Gasteiger partial charge in [0.25, 0.3) is 5.60 Å². The smallest absolute Gasteiger partial charge is 0.350 e. The van der Waals surface area contributed by atoms with Crippen molar-refractivity contribution in [3.05, 3.63) is 0 Å². The Morgan fingerprint density at radius 1 is 1.25 bits per heavy atom. The fourth-order valence-corrected chi connectivity index (χ4v) is 1.09. The van der Waals surface area contributed by atoms with Gasteiger partial charge < -0.3 is 14.9 Å². The lowest BCUT2D eigenvalue weighted by Crippen LogP contribution is -2.49. The molecule has 0 rings (SSSR count). The molecule has 0 aromatic carbocycles. The predicted octanol–water partition coefficient (Wildman–Crippen LogP) is 1.33. The number of ether oxygens (including phenoxy) is 1. The van der Waals surface area contributed by atoms with Crippen molar-refractivity contribution < 1.29 is 24.5 Å². The second kappa shape index (κ2) is 5.30. The van der Waals surface area contributed by atoms with Gasteiger partial charge in [-0.3, -0.25) is 0 Å². The average molecular weight is 232 g/mol. The van der Waals surface area contributed by atoms with E-state index in [0.717, 1.165) is 0 Å². The highest BCUT2D eigenvalue weighted by molar-refractivity contribution is 6.02. The van der Waals surface area contributed by atoms with Crippen molar-refractivity contribution in [2.45, 2.75) is 58.2 Å². The van der Waals surface area contributed by atoms with Crippen molar-refractivity contribution in [1.82, 2.24) is 0 Å². The lowest BCUT2D eigenvalue weighted by molar-refractivity contribution is -0.188. The van der Waals surface area contributed by atoms with E-state index < -0.39 is 23.1 Å². The van der Waals surface area contributed by atoms with Crippen LogP contribution in [0.2, 0.25) is 0 Å². The molecule has 0 spiro atoms. The van der Waals surface area contributed by atoms with Gasteiger partial charge in [0.2, 0.25) is 0 Å². The van der Waals surface area contributed by atoms with Crippen LogP contribution in [0.3, 0.4) is 0 Å². The molecular weight excluding hydrogens is 212 g/mol. The van der Waals surface area contributed by atoms with Crippen molar-refractivity contribution in [3.8, 4) is 0 Å². The van der Waals surface area contributed by atoms with Gasteiger partial charge in [0, 0.05) is 0 Å². The predicted molar refractivity (Wildman–Crippen MR) is 58.0 cm³/mol. The molecule has 5 nitrogen and oxygen atoms in total. The van der Waals surface area contributed by atoms with Crippen LogP contribution in [0, 0.1) is 0 Å². The minimum Gasteiger partial charge on any atom is -0.479 e. The number of rotatable bonds is 5. The summed E-state index contributed by atoms with van der Waals surface area (Å²) in [7, 11) is 0. The summed E-state index contributed by atoms with van der Waals surface area (Å²) in [6, 6.07) is 0. The molecule has 0 saturated heterocycles. The Morgan fingerprint density at radius 3 is 2.06 bits per heavy atom. The molecule has 0 aliphatic carbocycles. The number of unbranched alkanes of at least 4 members (excludes halogenated alkanes) is 1. The van der Waals surface area contributed by atoms with Gasteiger partial charge in [0.1, 0.15) is 5.60 Å². The number of carboxylic acid groups (broad SMARTS) is 1. The molecule has 0 heterocycles. The monoisotopic (exact) mass is 232 g/mol. The summed E-state index contributed by atoms with van der Waals surface area (Å²) in [5.74, 6) is -2.66. The minimum atomic E-state index is -2.43. The maximum absolute atomic E-state index is 11.6. The van der Waals surface area contributed by atoms with E-state index in [9.17, 15) is 14.7 Å². The third-order valence-corrected chi connectivity index (χ3v) is 1.98. The summed E-state index contributed by atoms with van der Waals surface area (Å²) in [6.45, 7) is 6.70. The number of aliphatic carboxylic acids is 1. The first-order valence-corrected chi connectivity index (χ1v) is 5.32. The second-order valence-electron chi connectivity index (χ2n) is 4.77. The fraction of sp³-hybridized carbons (Fsp3) is 0.818. The molecule has 0 aliphatic rings. The molecule has 94 valence electrons. The maximum Gasteiger partial charge on any atom is 0.350 e. The van der Waals surface area contributed by atoms with E-state index in [1.807, 2.05) is 6.92 Å². The highest BCUT2D eigenvalue weighted by atomic mass is 16.6. The van der Waals surface area contributed by atoms with Crippen molar-refractivity contribution in [1.29, 1.82) is 0 Å². The Morgan fingerprint density at radius 2 is 1.75 bits per heavy atom. The van der Waals surface area contributed by atoms with E-state index in [0.29, 0.717) is 12.8 Å². The van der Waals surface area contributed by atoms with E-state index in [4.69, 9.17) is 9.84 Å². The van der Waals surface area contributed by atoms with E-state index in [1.165, 1.54) is 0 Å². The lowest BCUT2D eigenvalue weighted by atomic mass is 9.96. The van der Waals surface area contributed by atoms with Gasteiger partial charge in [-0.05, 0) is 33.6 Å². The van der Waals surface area contributed by atoms with Crippen LogP contribution in [0.5, 0.6) is 0 Å². The molecule has 5 heteroatoms. The van der Waals surface area contributed by atoms with Crippen molar-refractivity contribution in [3.63, 3.8) is 0 Å². The SMILES string of the molecule is CCCCC(O)(C(=O)O)C(=O)OC(C)(C)C. The van der Waals surface area contributed by atoms with Gasteiger partial charge in [0.15, 0.2) is 0 Å². The Kier molecular flexibility index (Phi) is 4.93. The number of aliphatic hydroxyl groups is 1. The van der Waals surface area contributed by atoms with E-state index in [-0.39, 0.29) is 6.42 Å². The number of esters is 1. The molecule has 1 atom stereocenters. The number of carboxylic acids is 1. The van der Waals surface area contributed by atoms with Crippen LogP contribution < -0.4 is 0 Å². The molecular formula is C11H20O5. The summed E-state index contributed by atoms with van der Waals surface area (Å²) < 4.78 is 4.89. The topological polar surface area (TPSA) is 83.8 Å². The Balaban J connectivity index is 4.77. The highest BCUT2D eigenvalue weighted by Crippen LogP contribution is 2.20. The molecule has 16 heavy (non-hydrogen) atoms. The molecule has 0 saturated carbocycles. The summed E-state index contributed by atoms with van der Waals surface area (Å²) in [5, 5.41) is 18.7. The molecule has 0 fully saturated rings. The van der Waals surface area contributed by atoms with Crippen LogP contribution >= 0.6 is 0 Å². The van der Waals surface area contributed by atoms with Crippen molar-refractivity contribution in [2.75, 3.05) is 0 Å². The summed E-state index contributed by atoms with van der Waals surface area (Å²) in [4.78, 5) is 22.5. The lowest BCUT2D eigenvalue weighted by Gasteiger charge is -2.27. The average Bonchev–Trinajstić information content (AvgIpc) is 2.10. The van der Waals surface area contributed by atoms with E-state index in [1.54, 1.807) is 20.8 Å². The quantitative estimate of drug-likeness (QED) is 0.552. The first kappa shape index (κ1) is 14.9. The first-order valence-electron chi connectivity index (χ1n) is 5.32. The summed E-state index contributed by atoms with van der Waals surface area (Å²) >= 11 is 0. The number of hydrogen-bond acceptors (Lipinski definition) is 4. The standard InChI is InChI=1S/C11H20O5/c1-5-6-7-11(15,8(12)13)9(14)16-10(2,3)4/h15H,5-7H2,1-4H3,(H,12,13). The molecule has 2 N–H and O–H groups in total. The maximum atomic E-state index is 11.6. The van der Waals surface area contributed by atoms with Crippen LogP contribution in [-0.2, 0) is 14.3 Å². The van der Waals surface area contributed by atoms with Gasteiger partial charge in [-0.25, -0.2) is 9.59 Å². The number of carbonyl (C=O) groups is 2. The Bertz CT molecular complexity index is 266. The zero-order chi connectivity index (χ0) is 13.0. The highest BCUT2D eigenvalue weighted by Gasteiger charge is 2.46. The molecule has 0 aromatic heterocycles. The second-order valence-corrected chi connectivity index (χ2v) is 4.77. The van der Waals surface area contributed by atoms with Crippen LogP contribution in [0.25, 0.3) is 0 Å². The molecule has 0 amide bonds. The normalized spacial score (nSPS) is 15.3. The molecule has 0 radical (unpaired) electrons. The summed E-state index contributed by atoms with van der Waals surface area (Å²) in [5.41, 5.74) is -3.24. The minimum absolute atomic E-state index is 0.131. The number of carbonyl (C=O) groups excluding carboxylic acids is 1. The van der Waals surface area contributed by atoms with Crippen LogP contribution in [0.15, 0.2) is 0 Å². The largest absolute Gasteiger partial charge is 0.479 e. The number of hydrogen-bond donors (Lipinski definition) is 2. The fourth-order valence-electron chi connectivity index (χ4n) is 1.09. The zero-order valence-corrected chi connectivity index (χ0v) is 10.2. The van der Waals surface area contributed by atoms with Gasteiger partial charge in [-0.1, -0.05) is 13.3 Å². The molecule has 0 bridgehead atoms. The van der Waals surface area contributed by atoms with Gasteiger partial charge in [0.05, 0.1) is 0 Å². The van der Waals surface area contributed by atoms with Crippen molar-refractivity contribution >= 4 is 11.9 Å². The zero-order valence-electron chi connectivity index (χ0n) is 10.2. The van der Waals surface area contributed by atoms with Crippen LogP contribution in [0.1, 0.15) is 47.0 Å². The van der Waals surface area contributed by atoms with E-state index in [2.05, 4.69) is 0 Å². The third kappa shape index (κ3) is 4.18. The molecule has 0 aromatic rings. The van der Waals surface area contributed by atoms with Gasteiger partial charge in [-0.2, -0.15) is 0 Å².